The Balaban J connectivity index is 1.69. The first kappa shape index (κ1) is 17.8. The van der Waals surface area contributed by atoms with Crippen molar-refractivity contribution in [1.29, 1.82) is 0 Å². The van der Waals surface area contributed by atoms with E-state index >= 15 is 0 Å². The van der Waals surface area contributed by atoms with Crippen molar-refractivity contribution >= 4 is 10.0 Å². The zero-order chi connectivity index (χ0) is 19.0. The fraction of sp³-hybridized carbons (Fsp3) is 0.412. The lowest BCUT2D eigenvalue weighted by Crippen LogP contribution is -2.38. The van der Waals surface area contributed by atoms with Crippen LogP contribution in [0.15, 0.2) is 40.0 Å². The van der Waals surface area contributed by atoms with Gasteiger partial charge in [0.05, 0.1) is 17.5 Å². The van der Waals surface area contributed by atoms with Gasteiger partial charge in [-0.1, -0.05) is 6.42 Å². The Morgan fingerprint density at radius 1 is 1.22 bits per heavy atom. The van der Waals surface area contributed by atoms with Crippen molar-refractivity contribution in [2.75, 3.05) is 6.54 Å². The van der Waals surface area contributed by atoms with Gasteiger partial charge >= 0.3 is 0 Å². The van der Waals surface area contributed by atoms with E-state index in [1.165, 1.54) is 10.5 Å². The number of aromatic nitrogens is 5. The summed E-state index contributed by atoms with van der Waals surface area (Å²) in [6.45, 7) is 2.15. The van der Waals surface area contributed by atoms with E-state index in [4.69, 9.17) is 4.42 Å². The molecule has 0 aromatic carbocycles. The fourth-order valence-electron chi connectivity index (χ4n) is 3.27. The maximum Gasteiger partial charge on any atom is 0.249 e. The molecule has 4 rings (SSSR count). The SMILES string of the molecule is Cc1c(S(=O)(=O)N2CCCCC2c2nnc(-c3cccnc3)o2)cnn1C. The molecule has 0 bridgehead atoms. The smallest absolute Gasteiger partial charge is 0.249 e. The number of nitrogens with zero attached hydrogens (tertiary/aromatic N) is 6. The molecule has 1 saturated heterocycles. The summed E-state index contributed by atoms with van der Waals surface area (Å²) in [5.41, 5.74) is 1.30. The first-order valence-electron chi connectivity index (χ1n) is 8.72. The van der Waals surface area contributed by atoms with Gasteiger partial charge in [0, 0.05) is 26.0 Å². The summed E-state index contributed by atoms with van der Waals surface area (Å²) in [5, 5.41) is 12.3. The number of rotatable bonds is 4. The van der Waals surface area contributed by atoms with Crippen LogP contribution in [0.5, 0.6) is 0 Å². The summed E-state index contributed by atoms with van der Waals surface area (Å²) in [6.07, 6.45) is 7.00. The van der Waals surface area contributed by atoms with Crippen LogP contribution < -0.4 is 0 Å². The van der Waals surface area contributed by atoms with Crippen molar-refractivity contribution < 1.29 is 12.8 Å². The molecule has 0 amide bonds. The highest BCUT2D eigenvalue weighted by Gasteiger charge is 2.39. The molecule has 9 nitrogen and oxygen atoms in total. The monoisotopic (exact) mass is 388 g/mol. The van der Waals surface area contributed by atoms with Crippen molar-refractivity contribution in [3.05, 3.63) is 42.3 Å². The number of sulfonamides is 1. The molecule has 0 saturated carbocycles. The molecule has 1 fully saturated rings. The molecule has 0 aliphatic carbocycles. The van der Waals surface area contributed by atoms with Crippen molar-refractivity contribution in [3.63, 3.8) is 0 Å². The van der Waals surface area contributed by atoms with E-state index in [0.717, 1.165) is 12.8 Å². The summed E-state index contributed by atoms with van der Waals surface area (Å²) in [4.78, 5) is 4.26. The molecule has 0 spiro atoms. The first-order chi connectivity index (χ1) is 13.0. The maximum absolute atomic E-state index is 13.3. The molecule has 1 atom stereocenters. The molecule has 3 aromatic rings. The normalized spacial score (nSPS) is 18.7. The zero-order valence-electron chi connectivity index (χ0n) is 15.1. The van der Waals surface area contributed by atoms with Gasteiger partial charge in [0.15, 0.2) is 0 Å². The average molecular weight is 388 g/mol. The lowest BCUT2D eigenvalue weighted by atomic mass is 10.1. The fourth-order valence-corrected chi connectivity index (χ4v) is 5.11. The number of hydrogen-bond acceptors (Lipinski definition) is 7. The summed E-state index contributed by atoms with van der Waals surface area (Å²) in [5.74, 6) is 0.636. The molecule has 1 unspecified atom stereocenters. The number of hydrogen-bond donors (Lipinski definition) is 0. The topological polar surface area (TPSA) is 107 Å². The van der Waals surface area contributed by atoms with Crippen LogP contribution in [-0.4, -0.2) is 44.2 Å². The molecule has 142 valence electrons. The second-order valence-electron chi connectivity index (χ2n) is 6.53. The van der Waals surface area contributed by atoms with Crippen LogP contribution in [0, 0.1) is 6.92 Å². The van der Waals surface area contributed by atoms with Crippen LogP contribution in [0.2, 0.25) is 0 Å². The minimum Gasteiger partial charge on any atom is -0.419 e. The summed E-state index contributed by atoms with van der Waals surface area (Å²) < 4.78 is 35.3. The third-order valence-electron chi connectivity index (χ3n) is 4.86. The molecule has 0 radical (unpaired) electrons. The van der Waals surface area contributed by atoms with Crippen LogP contribution in [0.3, 0.4) is 0 Å². The van der Waals surface area contributed by atoms with Gasteiger partial charge in [0.1, 0.15) is 10.9 Å². The maximum atomic E-state index is 13.3. The van der Waals surface area contributed by atoms with Gasteiger partial charge < -0.3 is 4.42 Å². The van der Waals surface area contributed by atoms with Crippen LogP contribution >= 0.6 is 0 Å². The van der Waals surface area contributed by atoms with E-state index in [-0.39, 0.29) is 4.90 Å². The van der Waals surface area contributed by atoms with Crippen LogP contribution in [0.4, 0.5) is 0 Å². The number of aryl methyl sites for hydroxylation is 1. The third-order valence-corrected chi connectivity index (χ3v) is 6.88. The minimum absolute atomic E-state index is 0.212. The van der Waals surface area contributed by atoms with Crippen LogP contribution in [0.25, 0.3) is 11.5 Å². The molecule has 27 heavy (non-hydrogen) atoms. The van der Waals surface area contributed by atoms with Gasteiger partial charge in [-0.2, -0.15) is 9.40 Å². The Morgan fingerprint density at radius 2 is 2.07 bits per heavy atom. The molecular weight excluding hydrogens is 368 g/mol. The predicted molar refractivity (Wildman–Crippen MR) is 96.0 cm³/mol. The van der Waals surface area contributed by atoms with E-state index in [9.17, 15) is 8.42 Å². The lowest BCUT2D eigenvalue weighted by Gasteiger charge is -2.32. The van der Waals surface area contributed by atoms with Gasteiger partial charge in [-0.3, -0.25) is 9.67 Å². The van der Waals surface area contributed by atoms with Gasteiger partial charge in [-0.05, 0) is 31.9 Å². The summed E-state index contributed by atoms with van der Waals surface area (Å²) in [7, 11) is -1.99. The second kappa shape index (κ2) is 6.86. The Hall–Kier alpha value is -2.59. The molecule has 4 heterocycles. The molecular formula is C17H20N6O3S. The Bertz CT molecular complexity index is 1040. The highest BCUT2D eigenvalue weighted by atomic mass is 32.2. The lowest BCUT2D eigenvalue weighted by molar-refractivity contribution is 0.220. The molecule has 1 aliphatic rings. The highest BCUT2D eigenvalue weighted by Crippen LogP contribution is 2.36. The van der Waals surface area contributed by atoms with Crippen molar-refractivity contribution in [2.45, 2.75) is 37.1 Å². The van der Waals surface area contributed by atoms with Crippen molar-refractivity contribution in [1.82, 2.24) is 29.3 Å². The van der Waals surface area contributed by atoms with Gasteiger partial charge in [0.2, 0.25) is 21.8 Å². The van der Waals surface area contributed by atoms with E-state index < -0.39 is 16.1 Å². The Labute approximate surface area is 157 Å². The summed E-state index contributed by atoms with van der Waals surface area (Å²) >= 11 is 0. The van der Waals surface area contributed by atoms with Crippen LogP contribution in [-0.2, 0) is 17.1 Å². The highest BCUT2D eigenvalue weighted by molar-refractivity contribution is 7.89. The first-order valence-corrected chi connectivity index (χ1v) is 10.2. The van der Waals surface area contributed by atoms with E-state index in [0.29, 0.717) is 36.0 Å². The third kappa shape index (κ3) is 3.15. The second-order valence-corrected chi connectivity index (χ2v) is 8.39. The van der Waals surface area contributed by atoms with Gasteiger partial charge in [0.25, 0.3) is 0 Å². The Kier molecular flexibility index (Phi) is 4.52. The molecule has 10 heteroatoms. The minimum atomic E-state index is -3.71. The Morgan fingerprint density at radius 3 is 2.78 bits per heavy atom. The molecule has 0 N–H and O–H groups in total. The molecule has 1 aliphatic heterocycles. The van der Waals surface area contributed by atoms with Crippen molar-refractivity contribution in [2.24, 2.45) is 7.05 Å². The van der Waals surface area contributed by atoms with Crippen LogP contribution in [0.1, 0.15) is 36.9 Å². The van der Waals surface area contributed by atoms with Gasteiger partial charge in [-0.15, -0.1) is 10.2 Å². The van der Waals surface area contributed by atoms with E-state index in [1.807, 2.05) is 6.07 Å². The number of piperidine rings is 1. The largest absolute Gasteiger partial charge is 0.419 e. The van der Waals surface area contributed by atoms with Gasteiger partial charge in [-0.25, -0.2) is 8.42 Å². The molecule has 3 aromatic heterocycles. The van der Waals surface area contributed by atoms with Crippen molar-refractivity contribution in [3.8, 4) is 11.5 Å². The number of pyridine rings is 1. The zero-order valence-corrected chi connectivity index (χ0v) is 15.9. The summed E-state index contributed by atoms with van der Waals surface area (Å²) in [6, 6.07) is 3.11. The van der Waals surface area contributed by atoms with E-state index in [1.54, 1.807) is 37.1 Å². The average Bonchev–Trinajstić information content (AvgIpc) is 3.30. The quantitative estimate of drug-likeness (QED) is 0.673. The standard InChI is InChI=1S/C17H20N6O3S/c1-12-15(11-19-22(12)2)27(24,25)23-9-4-3-7-14(23)17-21-20-16(26-17)13-6-5-8-18-10-13/h5-6,8,10-11,14H,3-4,7,9H2,1-2H3. The van der Waals surface area contributed by atoms with E-state index in [2.05, 4.69) is 20.3 Å². The predicted octanol–water partition coefficient (Wildman–Crippen LogP) is 2.09.